The lowest BCUT2D eigenvalue weighted by atomic mass is 9.94. The van der Waals surface area contributed by atoms with E-state index in [9.17, 15) is 14.7 Å². The van der Waals surface area contributed by atoms with E-state index in [1.54, 1.807) is 61.7 Å². The van der Waals surface area contributed by atoms with Crippen LogP contribution in [0.25, 0.3) is 16.0 Å². The molecule has 3 aromatic carbocycles. The van der Waals surface area contributed by atoms with Gasteiger partial charge in [-0.15, -0.1) is 0 Å². The zero-order chi connectivity index (χ0) is 26.3. The van der Waals surface area contributed by atoms with Crippen molar-refractivity contribution in [3.63, 3.8) is 0 Å². The van der Waals surface area contributed by atoms with Crippen molar-refractivity contribution in [3.8, 4) is 17.2 Å². The van der Waals surface area contributed by atoms with Crippen LogP contribution in [0.15, 0.2) is 66.2 Å². The van der Waals surface area contributed by atoms with Crippen molar-refractivity contribution in [1.29, 1.82) is 0 Å². The first-order valence-corrected chi connectivity index (χ1v) is 12.3. The van der Waals surface area contributed by atoms with Crippen molar-refractivity contribution in [2.24, 2.45) is 0 Å². The SMILES string of the molecule is COc1ccc(OC)c(C2/C(=C(\O)c3ccc(Cl)cc3)C(=O)C(=O)N2c2nc3ccc(OC)cc3s2)c1. The highest BCUT2D eigenvalue weighted by atomic mass is 35.5. The highest BCUT2D eigenvalue weighted by Gasteiger charge is 2.49. The average molecular weight is 537 g/mol. The molecule has 5 rings (SSSR count). The molecule has 37 heavy (non-hydrogen) atoms. The molecule has 0 aliphatic carbocycles. The lowest BCUT2D eigenvalue weighted by Crippen LogP contribution is -2.29. The maximum atomic E-state index is 13.5. The molecule has 0 saturated carbocycles. The Labute approximate surface area is 221 Å². The number of carbonyl (C=O) groups is 2. The third-order valence-electron chi connectivity index (χ3n) is 6.08. The van der Waals surface area contributed by atoms with Gasteiger partial charge in [-0.05, 0) is 60.7 Å². The van der Waals surface area contributed by atoms with Gasteiger partial charge in [0.2, 0.25) is 0 Å². The Morgan fingerprint density at radius 1 is 0.946 bits per heavy atom. The largest absolute Gasteiger partial charge is 0.507 e. The minimum Gasteiger partial charge on any atom is -0.507 e. The summed E-state index contributed by atoms with van der Waals surface area (Å²) in [4.78, 5) is 32.9. The molecule has 1 aliphatic heterocycles. The Morgan fingerprint density at radius 2 is 1.62 bits per heavy atom. The van der Waals surface area contributed by atoms with Gasteiger partial charge in [0.05, 0.1) is 37.1 Å². The third kappa shape index (κ3) is 4.26. The van der Waals surface area contributed by atoms with Crippen molar-refractivity contribution in [2.75, 3.05) is 26.2 Å². The molecule has 1 amide bonds. The molecular formula is C27H21ClN2O6S. The monoisotopic (exact) mass is 536 g/mol. The summed E-state index contributed by atoms with van der Waals surface area (Å²) in [7, 11) is 4.56. The number of rotatable bonds is 6. The number of hydrogen-bond acceptors (Lipinski definition) is 8. The molecule has 0 spiro atoms. The summed E-state index contributed by atoms with van der Waals surface area (Å²) in [6.07, 6.45) is 0. The number of thiazole rings is 1. The molecule has 4 aromatic rings. The number of aliphatic hydroxyl groups is 1. The van der Waals surface area contributed by atoms with Crippen molar-refractivity contribution >= 4 is 55.7 Å². The number of carbonyl (C=O) groups excluding carboxylic acids is 2. The smallest absolute Gasteiger partial charge is 0.301 e. The first kappa shape index (κ1) is 24.6. The molecular weight excluding hydrogens is 516 g/mol. The lowest BCUT2D eigenvalue weighted by Gasteiger charge is -2.25. The third-order valence-corrected chi connectivity index (χ3v) is 7.35. The molecule has 1 aliphatic rings. The van der Waals surface area contributed by atoms with E-state index in [1.165, 1.54) is 30.5 Å². The number of amides is 1. The molecule has 10 heteroatoms. The van der Waals surface area contributed by atoms with Crippen molar-refractivity contribution in [2.45, 2.75) is 6.04 Å². The Hall–Kier alpha value is -4.08. The number of ketones is 1. The Kier molecular flexibility index (Phi) is 6.49. The lowest BCUT2D eigenvalue weighted by molar-refractivity contribution is -0.132. The van der Waals surface area contributed by atoms with E-state index in [1.807, 2.05) is 6.07 Å². The minimum atomic E-state index is -1.04. The van der Waals surface area contributed by atoms with Crippen LogP contribution in [0.1, 0.15) is 17.2 Å². The zero-order valence-electron chi connectivity index (χ0n) is 20.0. The molecule has 1 N–H and O–H groups in total. The number of Topliss-reactive ketones (excluding diaryl/α,β-unsaturated/α-hetero) is 1. The van der Waals surface area contributed by atoms with Crippen molar-refractivity contribution in [1.82, 2.24) is 4.98 Å². The summed E-state index contributed by atoms with van der Waals surface area (Å²) in [6, 6.07) is 15.7. The van der Waals surface area contributed by atoms with Crippen LogP contribution < -0.4 is 19.1 Å². The second kappa shape index (κ2) is 9.76. The predicted octanol–water partition coefficient (Wildman–Crippen LogP) is 5.60. The summed E-state index contributed by atoms with van der Waals surface area (Å²) in [5.74, 6) is -0.478. The topological polar surface area (TPSA) is 98.2 Å². The summed E-state index contributed by atoms with van der Waals surface area (Å²) in [5, 5.41) is 12.1. The summed E-state index contributed by atoms with van der Waals surface area (Å²) in [6.45, 7) is 0. The summed E-state index contributed by atoms with van der Waals surface area (Å²) in [5.41, 5.74) is 1.32. The highest BCUT2D eigenvalue weighted by molar-refractivity contribution is 7.22. The van der Waals surface area contributed by atoms with E-state index in [0.29, 0.717) is 38.9 Å². The van der Waals surface area contributed by atoms with Gasteiger partial charge in [-0.25, -0.2) is 4.98 Å². The number of aromatic nitrogens is 1. The molecule has 1 aromatic heterocycles. The second-order valence-electron chi connectivity index (χ2n) is 8.11. The Balaban J connectivity index is 1.77. The molecule has 1 atom stereocenters. The Bertz CT molecular complexity index is 1560. The number of aliphatic hydroxyl groups excluding tert-OH is 1. The predicted molar refractivity (Wildman–Crippen MR) is 142 cm³/mol. The number of benzene rings is 3. The second-order valence-corrected chi connectivity index (χ2v) is 9.56. The molecule has 8 nitrogen and oxygen atoms in total. The van der Waals surface area contributed by atoms with Crippen molar-refractivity contribution < 1.29 is 28.9 Å². The zero-order valence-corrected chi connectivity index (χ0v) is 21.6. The maximum Gasteiger partial charge on any atom is 0.301 e. The number of ether oxygens (including phenoxy) is 3. The fourth-order valence-corrected chi connectivity index (χ4v) is 5.41. The number of fused-ring (bicyclic) bond motifs is 1. The van der Waals surface area contributed by atoms with Crippen LogP contribution in [-0.2, 0) is 9.59 Å². The quantitative estimate of drug-likeness (QED) is 0.194. The molecule has 188 valence electrons. The standard InChI is InChI=1S/C27H21ClN2O6S/c1-34-16-9-11-20(36-3)18(12-16)23-22(24(31)14-4-6-15(28)7-5-14)25(32)26(33)30(23)27-29-19-10-8-17(35-2)13-21(19)37-27/h4-13,23,31H,1-3H3/b24-22+. The number of methoxy groups -OCH3 is 3. The van der Waals surface area contributed by atoms with Crippen LogP contribution >= 0.6 is 22.9 Å². The van der Waals surface area contributed by atoms with Gasteiger partial charge < -0.3 is 19.3 Å². The maximum absolute atomic E-state index is 13.5. The van der Waals surface area contributed by atoms with Gasteiger partial charge in [0, 0.05) is 16.1 Å². The van der Waals surface area contributed by atoms with Gasteiger partial charge in [-0.2, -0.15) is 0 Å². The molecule has 1 fully saturated rings. The van der Waals surface area contributed by atoms with Gasteiger partial charge in [0.25, 0.3) is 5.78 Å². The van der Waals surface area contributed by atoms with Crippen molar-refractivity contribution in [3.05, 3.63) is 82.4 Å². The molecule has 0 bridgehead atoms. The molecule has 0 radical (unpaired) electrons. The summed E-state index contributed by atoms with van der Waals surface area (Å²) < 4.78 is 17.1. The Morgan fingerprint density at radius 3 is 2.30 bits per heavy atom. The van der Waals surface area contributed by atoms with Crippen LogP contribution in [0.3, 0.4) is 0 Å². The number of nitrogens with zero attached hydrogens (tertiary/aromatic N) is 2. The van der Waals surface area contributed by atoms with E-state index in [0.717, 1.165) is 4.70 Å². The molecule has 2 heterocycles. The first-order chi connectivity index (χ1) is 17.9. The van der Waals surface area contributed by atoms with Gasteiger partial charge in [-0.1, -0.05) is 22.9 Å². The van der Waals surface area contributed by atoms with Gasteiger partial charge in [0.1, 0.15) is 29.0 Å². The molecule has 1 unspecified atom stereocenters. The van der Waals surface area contributed by atoms with Crippen LogP contribution in [0.2, 0.25) is 5.02 Å². The van der Waals surface area contributed by atoms with E-state index < -0.39 is 17.7 Å². The van der Waals surface area contributed by atoms with Gasteiger partial charge in [0.15, 0.2) is 5.13 Å². The van der Waals surface area contributed by atoms with E-state index in [2.05, 4.69) is 4.98 Å². The molecule has 1 saturated heterocycles. The normalized spacial score (nSPS) is 16.9. The average Bonchev–Trinajstić information content (AvgIpc) is 3.45. The summed E-state index contributed by atoms with van der Waals surface area (Å²) >= 11 is 7.25. The van der Waals surface area contributed by atoms with Gasteiger partial charge in [-0.3, -0.25) is 14.5 Å². The van der Waals surface area contributed by atoms with E-state index in [-0.39, 0.29) is 16.5 Å². The fourth-order valence-electron chi connectivity index (χ4n) is 4.26. The van der Waals surface area contributed by atoms with E-state index >= 15 is 0 Å². The van der Waals surface area contributed by atoms with Crippen LogP contribution in [-0.4, -0.2) is 43.1 Å². The number of anilines is 1. The highest BCUT2D eigenvalue weighted by Crippen LogP contribution is 2.47. The van der Waals surface area contributed by atoms with Crippen LogP contribution in [0, 0.1) is 0 Å². The minimum absolute atomic E-state index is 0.101. The fraction of sp³-hybridized carbons (Fsp3) is 0.148. The first-order valence-electron chi connectivity index (χ1n) is 11.1. The van der Waals surface area contributed by atoms with Crippen LogP contribution in [0.5, 0.6) is 17.2 Å². The van der Waals surface area contributed by atoms with Crippen LogP contribution in [0.4, 0.5) is 5.13 Å². The number of hydrogen-bond donors (Lipinski definition) is 1. The number of halogens is 1. The van der Waals surface area contributed by atoms with Gasteiger partial charge >= 0.3 is 5.91 Å². The van der Waals surface area contributed by atoms with E-state index in [4.69, 9.17) is 25.8 Å².